The Morgan fingerprint density at radius 2 is 2.00 bits per heavy atom. The van der Waals surface area contributed by atoms with Crippen LogP contribution in [0.3, 0.4) is 0 Å². The monoisotopic (exact) mass is 257 g/mol. The van der Waals surface area contributed by atoms with E-state index in [9.17, 15) is 0 Å². The fraction of sp³-hybridized carbons (Fsp3) is 0.538. The summed E-state index contributed by atoms with van der Waals surface area (Å²) in [6.45, 7) is 7.64. The largest absolute Gasteiger partial charge is 0.313 e. The van der Waals surface area contributed by atoms with Crippen molar-refractivity contribution in [3.8, 4) is 0 Å². The molecule has 0 heterocycles. The van der Waals surface area contributed by atoms with Crippen LogP contribution < -0.4 is 5.32 Å². The third-order valence-electron chi connectivity index (χ3n) is 2.62. The Morgan fingerprint density at radius 1 is 1.31 bits per heavy atom. The van der Waals surface area contributed by atoms with E-state index < -0.39 is 0 Å². The highest BCUT2D eigenvalue weighted by atomic mass is 35.5. The molecule has 0 aliphatic rings. The minimum absolute atomic E-state index is 0.532. The predicted octanol–water partition coefficient (Wildman–Crippen LogP) is 4.21. The summed E-state index contributed by atoms with van der Waals surface area (Å²) in [6.07, 6.45) is 1.15. The molecule has 90 valence electrons. The molecule has 2 atom stereocenters. The van der Waals surface area contributed by atoms with E-state index in [1.807, 2.05) is 30.0 Å². The highest BCUT2D eigenvalue weighted by Gasteiger charge is 2.16. The summed E-state index contributed by atoms with van der Waals surface area (Å²) >= 11 is 8.00. The first-order valence-corrected chi connectivity index (χ1v) is 7.09. The Balaban J connectivity index is 2.62. The Bertz CT molecular complexity index is 317. The van der Waals surface area contributed by atoms with Gasteiger partial charge in [0.05, 0.1) is 5.02 Å². The molecule has 1 aromatic carbocycles. The molecule has 0 fully saturated rings. The van der Waals surface area contributed by atoms with Gasteiger partial charge in [0.2, 0.25) is 0 Å². The van der Waals surface area contributed by atoms with Crippen LogP contribution in [0.5, 0.6) is 0 Å². The molecule has 0 saturated carbocycles. The summed E-state index contributed by atoms with van der Waals surface area (Å²) in [5.41, 5.74) is 0. The SMILES string of the molecule is CCNC(CC)C(C)Sc1ccccc1Cl. The van der Waals surface area contributed by atoms with Crippen LogP contribution in [0.2, 0.25) is 5.02 Å². The van der Waals surface area contributed by atoms with Crippen molar-refractivity contribution in [3.63, 3.8) is 0 Å². The number of hydrogen-bond donors (Lipinski definition) is 1. The highest BCUT2D eigenvalue weighted by molar-refractivity contribution is 8.00. The van der Waals surface area contributed by atoms with Crippen LogP contribution in [0, 0.1) is 0 Å². The second-order valence-corrected chi connectivity index (χ2v) is 5.65. The minimum Gasteiger partial charge on any atom is -0.313 e. The summed E-state index contributed by atoms with van der Waals surface area (Å²) in [4.78, 5) is 1.17. The summed E-state index contributed by atoms with van der Waals surface area (Å²) in [7, 11) is 0. The fourth-order valence-electron chi connectivity index (χ4n) is 1.73. The molecular formula is C13H20ClNS. The van der Waals surface area contributed by atoms with Crippen molar-refractivity contribution in [2.75, 3.05) is 6.54 Å². The molecular weight excluding hydrogens is 238 g/mol. The molecule has 2 unspecified atom stereocenters. The molecule has 0 spiro atoms. The summed E-state index contributed by atoms with van der Waals surface area (Å²) in [6, 6.07) is 8.59. The van der Waals surface area contributed by atoms with Gasteiger partial charge in [0, 0.05) is 16.2 Å². The molecule has 0 aromatic heterocycles. The molecule has 0 bridgehead atoms. The van der Waals surface area contributed by atoms with Crippen molar-refractivity contribution in [3.05, 3.63) is 29.3 Å². The second-order valence-electron chi connectivity index (χ2n) is 3.83. The standard InChI is InChI=1S/C13H20ClNS/c1-4-12(15-5-2)10(3)16-13-9-7-6-8-11(13)14/h6-10,12,15H,4-5H2,1-3H3. The van der Waals surface area contributed by atoms with Gasteiger partial charge in [0.1, 0.15) is 0 Å². The van der Waals surface area contributed by atoms with E-state index in [1.165, 1.54) is 4.90 Å². The summed E-state index contributed by atoms with van der Waals surface area (Å²) in [5.74, 6) is 0. The molecule has 0 saturated heterocycles. The molecule has 16 heavy (non-hydrogen) atoms. The van der Waals surface area contributed by atoms with E-state index in [1.54, 1.807) is 0 Å². The number of rotatable bonds is 6. The van der Waals surface area contributed by atoms with Crippen LogP contribution in [0.4, 0.5) is 0 Å². The fourth-order valence-corrected chi connectivity index (χ4v) is 3.19. The molecule has 1 aromatic rings. The van der Waals surface area contributed by atoms with Gasteiger partial charge in [-0.1, -0.05) is 44.5 Å². The zero-order valence-corrected chi connectivity index (χ0v) is 11.7. The van der Waals surface area contributed by atoms with Gasteiger partial charge in [0.25, 0.3) is 0 Å². The first-order valence-electron chi connectivity index (χ1n) is 5.83. The third kappa shape index (κ3) is 4.00. The first kappa shape index (κ1) is 13.9. The Labute approximate surface area is 108 Å². The molecule has 1 N–H and O–H groups in total. The Hall–Kier alpha value is -0.180. The average molecular weight is 258 g/mol. The Kier molecular flexibility index (Phi) is 6.25. The van der Waals surface area contributed by atoms with Gasteiger partial charge in [-0.3, -0.25) is 0 Å². The number of halogens is 1. The number of hydrogen-bond acceptors (Lipinski definition) is 2. The van der Waals surface area contributed by atoms with Crippen LogP contribution in [-0.2, 0) is 0 Å². The zero-order valence-electron chi connectivity index (χ0n) is 10.2. The smallest absolute Gasteiger partial charge is 0.0541 e. The third-order valence-corrected chi connectivity index (χ3v) is 4.37. The molecule has 1 nitrogen and oxygen atoms in total. The van der Waals surface area contributed by atoms with Crippen molar-refractivity contribution in [2.24, 2.45) is 0 Å². The van der Waals surface area contributed by atoms with E-state index in [0.29, 0.717) is 11.3 Å². The molecule has 0 aliphatic carbocycles. The molecule has 0 amide bonds. The maximum atomic E-state index is 6.15. The maximum absolute atomic E-state index is 6.15. The van der Waals surface area contributed by atoms with Crippen LogP contribution in [0.15, 0.2) is 29.2 Å². The van der Waals surface area contributed by atoms with Crippen LogP contribution in [0.1, 0.15) is 27.2 Å². The summed E-state index contributed by atoms with van der Waals surface area (Å²) in [5, 5.41) is 4.89. The molecule has 3 heteroatoms. The van der Waals surface area contributed by atoms with Crippen molar-refractivity contribution >= 4 is 23.4 Å². The average Bonchev–Trinajstić information content (AvgIpc) is 2.29. The van der Waals surface area contributed by atoms with Gasteiger partial charge < -0.3 is 5.32 Å². The molecule has 1 rings (SSSR count). The van der Waals surface area contributed by atoms with E-state index in [4.69, 9.17) is 11.6 Å². The van der Waals surface area contributed by atoms with Gasteiger partial charge >= 0.3 is 0 Å². The van der Waals surface area contributed by atoms with E-state index in [0.717, 1.165) is 18.0 Å². The predicted molar refractivity (Wildman–Crippen MR) is 74.5 cm³/mol. The lowest BCUT2D eigenvalue weighted by atomic mass is 10.2. The lowest BCUT2D eigenvalue weighted by Gasteiger charge is -2.23. The van der Waals surface area contributed by atoms with Gasteiger partial charge in [-0.25, -0.2) is 0 Å². The molecule has 0 aliphatic heterocycles. The molecule has 0 radical (unpaired) electrons. The van der Waals surface area contributed by atoms with E-state index >= 15 is 0 Å². The van der Waals surface area contributed by atoms with Crippen molar-refractivity contribution in [1.29, 1.82) is 0 Å². The van der Waals surface area contributed by atoms with Gasteiger partial charge in [-0.05, 0) is 25.1 Å². The van der Waals surface area contributed by atoms with Crippen molar-refractivity contribution < 1.29 is 0 Å². The van der Waals surface area contributed by atoms with Crippen LogP contribution >= 0.6 is 23.4 Å². The highest BCUT2D eigenvalue weighted by Crippen LogP contribution is 2.31. The Morgan fingerprint density at radius 3 is 2.56 bits per heavy atom. The normalized spacial score (nSPS) is 14.8. The van der Waals surface area contributed by atoms with Gasteiger partial charge in [0.15, 0.2) is 0 Å². The van der Waals surface area contributed by atoms with Crippen molar-refractivity contribution in [1.82, 2.24) is 5.32 Å². The lowest BCUT2D eigenvalue weighted by Crippen LogP contribution is -2.35. The first-order chi connectivity index (χ1) is 7.69. The van der Waals surface area contributed by atoms with E-state index in [-0.39, 0.29) is 0 Å². The number of thioether (sulfide) groups is 1. The van der Waals surface area contributed by atoms with Gasteiger partial charge in [-0.15, -0.1) is 11.8 Å². The van der Waals surface area contributed by atoms with Gasteiger partial charge in [-0.2, -0.15) is 0 Å². The zero-order chi connectivity index (χ0) is 12.0. The number of nitrogens with one attached hydrogen (secondary N) is 1. The summed E-state index contributed by atoms with van der Waals surface area (Å²) < 4.78 is 0. The van der Waals surface area contributed by atoms with E-state index in [2.05, 4.69) is 32.2 Å². The maximum Gasteiger partial charge on any atom is 0.0541 e. The topological polar surface area (TPSA) is 12.0 Å². The number of benzene rings is 1. The second kappa shape index (κ2) is 7.21. The lowest BCUT2D eigenvalue weighted by molar-refractivity contribution is 0.509. The van der Waals surface area contributed by atoms with Crippen LogP contribution in [0.25, 0.3) is 0 Å². The van der Waals surface area contributed by atoms with Crippen molar-refractivity contribution in [2.45, 2.75) is 43.4 Å². The quantitative estimate of drug-likeness (QED) is 0.767. The minimum atomic E-state index is 0.532. The van der Waals surface area contributed by atoms with Crippen LogP contribution in [-0.4, -0.2) is 17.8 Å².